The van der Waals surface area contributed by atoms with Crippen LogP contribution in [0.4, 0.5) is 10.5 Å². The molecule has 1 saturated heterocycles. The molecule has 7 nitrogen and oxygen atoms in total. The van der Waals surface area contributed by atoms with Gasteiger partial charge in [0.25, 0.3) is 0 Å². The van der Waals surface area contributed by atoms with Crippen molar-refractivity contribution in [3.63, 3.8) is 0 Å². The normalized spacial score (nSPS) is 14.2. The number of nitrogens with one attached hydrogen (secondary N) is 2. The van der Waals surface area contributed by atoms with Crippen molar-refractivity contribution in [2.24, 2.45) is 5.92 Å². The molecule has 0 aromatic heterocycles. The first-order chi connectivity index (χ1) is 14.0. The van der Waals surface area contributed by atoms with Crippen LogP contribution >= 0.6 is 0 Å². The van der Waals surface area contributed by atoms with Gasteiger partial charge in [-0.2, -0.15) is 0 Å². The fourth-order valence-corrected chi connectivity index (χ4v) is 3.12. The molecule has 1 aliphatic rings. The maximum absolute atomic E-state index is 12.2. The van der Waals surface area contributed by atoms with E-state index in [1.54, 1.807) is 29.2 Å². The lowest BCUT2D eigenvalue weighted by atomic mass is 9.97. The number of carbonyl (C=O) groups is 3. The highest BCUT2D eigenvalue weighted by atomic mass is 16.6. The van der Waals surface area contributed by atoms with Gasteiger partial charge in [-0.3, -0.25) is 9.59 Å². The second-order valence-corrected chi connectivity index (χ2v) is 7.14. The number of amides is 3. The molecule has 2 N–H and O–H groups in total. The van der Waals surface area contributed by atoms with Gasteiger partial charge in [-0.1, -0.05) is 35.9 Å². The molecule has 0 radical (unpaired) electrons. The molecule has 3 amide bonds. The summed E-state index contributed by atoms with van der Waals surface area (Å²) < 4.78 is 5.35. The Kier molecular flexibility index (Phi) is 6.84. The van der Waals surface area contributed by atoms with E-state index < -0.39 is 11.8 Å². The summed E-state index contributed by atoms with van der Waals surface area (Å²) in [6, 6.07) is 16.2. The fraction of sp³-hybridized carbons (Fsp3) is 0.318. The van der Waals surface area contributed by atoms with Crippen LogP contribution in [0, 0.1) is 12.8 Å². The molecule has 1 fully saturated rings. The number of para-hydroxylation sites is 1. The van der Waals surface area contributed by atoms with Crippen molar-refractivity contribution >= 4 is 23.6 Å². The number of benzene rings is 2. The molecule has 1 heterocycles. The topological polar surface area (TPSA) is 87.7 Å². The molecular formula is C22H25N3O4. The second-order valence-electron chi connectivity index (χ2n) is 7.14. The number of hydrogen-bond acceptors (Lipinski definition) is 4. The average Bonchev–Trinajstić information content (AvgIpc) is 2.74. The minimum atomic E-state index is -0.683. The zero-order valence-corrected chi connectivity index (χ0v) is 16.4. The quantitative estimate of drug-likeness (QED) is 0.779. The van der Waals surface area contributed by atoms with E-state index in [1.165, 1.54) is 0 Å². The number of carbonyl (C=O) groups excluding carboxylic acids is 3. The molecule has 0 atom stereocenters. The summed E-state index contributed by atoms with van der Waals surface area (Å²) in [5, 5.41) is 5.26. The summed E-state index contributed by atoms with van der Waals surface area (Å²) in [5.41, 5.74) is 1.66. The smallest absolute Gasteiger partial charge is 0.410 e. The average molecular weight is 395 g/mol. The third-order valence-electron chi connectivity index (χ3n) is 4.89. The lowest BCUT2D eigenvalue weighted by molar-refractivity contribution is -0.136. The SMILES string of the molecule is Cc1ccc(NC(=O)C(=O)NCC2CCN(C(=O)Oc3ccccc3)CC2)cc1. The Labute approximate surface area is 170 Å². The zero-order valence-electron chi connectivity index (χ0n) is 16.4. The van der Waals surface area contributed by atoms with E-state index in [-0.39, 0.29) is 12.0 Å². The third-order valence-corrected chi connectivity index (χ3v) is 4.89. The van der Waals surface area contributed by atoms with Crippen molar-refractivity contribution in [1.82, 2.24) is 10.2 Å². The monoisotopic (exact) mass is 395 g/mol. The molecule has 29 heavy (non-hydrogen) atoms. The largest absolute Gasteiger partial charge is 0.415 e. The summed E-state index contributed by atoms with van der Waals surface area (Å²) in [4.78, 5) is 37.9. The predicted octanol–water partition coefficient (Wildman–Crippen LogP) is 2.96. The van der Waals surface area contributed by atoms with Crippen molar-refractivity contribution < 1.29 is 19.1 Å². The summed E-state index contributed by atoms with van der Waals surface area (Å²) >= 11 is 0. The molecule has 7 heteroatoms. The molecule has 3 rings (SSSR count). The van der Waals surface area contributed by atoms with E-state index in [0.29, 0.717) is 31.1 Å². The van der Waals surface area contributed by atoms with Crippen LogP contribution in [0.1, 0.15) is 18.4 Å². The van der Waals surface area contributed by atoms with Crippen LogP contribution < -0.4 is 15.4 Å². The maximum atomic E-state index is 12.2. The molecular weight excluding hydrogens is 370 g/mol. The van der Waals surface area contributed by atoms with Gasteiger partial charge in [0.15, 0.2) is 0 Å². The van der Waals surface area contributed by atoms with Gasteiger partial charge in [0, 0.05) is 25.3 Å². The van der Waals surface area contributed by atoms with Crippen LogP contribution in [0.3, 0.4) is 0 Å². The summed E-state index contributed by atoms with van der Waals surface area (Å²) in [5.74, 6) is -0.604. The molecule has 0 spiro atoms. The number of nitrogens with zero attached hydrogens (tertiary/aromatic N) is 1. The highest BCUT2D eigenvalue weighted by Gasteiger charge is 2.25. The summed E-state index contributed by atoms with van der Waals surface area (Å²) in [6.07, 6.45) is 1.11. The van der Waals surface area contributed by atoms with Gasteiger partial charge in [0.05, 0.1) is 0 Å². The van der Waals surface area contributed by atoms with Gasteiger partial charge in [0.1, 0.15) is 5.75 Å². The van der Waals surface area contributed by atoms with E-state index in [2.05, 4.69) is 10.6 Å². The Morgan fingerprint density at radius 3 is 2.28 bits per heavy atom. The van der Waals surface area contributed by atoms with E-state index in [4.69, 9.17) is 4.74 Å². The predicted molar refractivity (Wildman–Crippen MR) is 110 cm³/mol. The number of anilines is 1. The van der Waals surface area contributed by atoms with E-state index in [1.807, 2.05) is 37.3 Å². The molecule has 2 aromatic carbocycles. The van der Waals surface area contributed by atoms with Crippen molar-refractivity contribution in [3.8, 4) is 5.75 Å². The van der Waals surface area contributed by atoms with Crippen LogP contribution in [0.25, 0.3) is 0 Å². The minimum absolute atomic E-state index is 0.215. The van der Waals surface area contributed by atoms with Crippen molar-refractivity contribution in [1.29, 1.82) is 0 Å². The van der Waals surface area contributed by atoms with E-state index in [9.17, 15) is 14.4 Å². The summed E-state index contributed by atoms with van der Waals surface area (Å²) in [7, 11) is 0. The van der Waals surface area contributed by atoms with E-state index in [0.717, 1.165) is 18.4 Å². The first kappa shape index (κ1) is 20.4. The molecule has 0 unspecified atom stereocenters. The van der Waals surface area contributed by atoms with Gasteiger partial charge in [-0.05, 0) is 49.9 Å². The molecule has 152 valence electrons. The Morgan fingerprint density at radius 2 is 1.62 bits per heavy atom. The fourth-order valence-electron chi connectivity index (χ4n) is 3.12. The van der Waals surface area contributed by atoms with Crippen molar-refractivity contribution in [2.45, 2.75) is 19.8 Å². The van der Waals surface area contributed by atoms with Crippen LogP contribution in [0.2, 0.25) is 0 Å². The van der Waals surface area contributed by atoms with Crippen LogP contribution in [-0.4, -0.2) is 42.4 Å². The highest BCUT2D eigenvalue weighted by molar-refractivity contribution is 6.39. The number of rotatable bonds is 4. The number of likely N-dealkylation sites (tertiary alicyclic amines) is 1. The standard InChI is InChI=1S/C22H25N3O4/c1-16-7-9-18(10-8-16)24-21(27)20(26)23-15-17-11-13-25(14-12-17)22(28)29-19-5-3-2-4-6-19/h2-10,17H,11-15H2,1H3,(H,23,26)(H,24,27). The van der Waals surface area contributed by atoms with Crippen molar-refractivity contribution in [2.75, 3.05) is 25.0 Å². The molecule has 2 aromatic rings. The van der Waals surface area contributed by atoms with E-state index >= 15 is 0 Å². The second kappa shape index (κ2) is 9.73. The minimum Gasteiger partial charge on any atom is -0.410 e. The zero-order chi connectivity index (χ0) is 20.6. The van der Waals surface area contributed by atoms with Crippen LogP contribution in [0.15, 0.2) is 54.6 Å². The number of piperidine rings is 1. The first-order valence-electron chi connectivity index (χ1n) is 9.69. The third kappa shape index (κ3) is 6.07. The number of hydrogen-bond donors (Lipinski definition) is 2. The lowest BCUT2D eigenvalue weighted by Gasteiger charge is -2.31. The summed E-state index contributed by atoms with van der Waals surface area (Å²) in [6.45, 7) is 3.47. The lowest BCUT2D eigenvalue weighted by Crippen LogP contribution is -2.44. The highest BCUT2D eigenvalue weighted by Crippen LogP contribution is 2.18. The van der Waals surface area contributed by atoms with Gasteiger partial charge in [-0.25, -0.2) is 4.79 Å². The Hall–Kier alpha value is -3.35. The maximum Gasteiger partial charge on any atom is 0.415 e. The molecule has 0 bridgehead atoms. The first-order valence-corrected chi connectivity index (χ1v) is 9.69. The van der Waals surface area contributed by atoms with Gasteiger partial charge in [0.2, 0.25) is 0 Å². The Balaban J connectivity index is 1.38. The van der Waals surface area contributed by atoms with Crippen LogP contribution in [0.5, 0.6) is 5.75 Å². The van der Waals surface area contributed by atoms with Gasteiger partial charge < -0.3 is 20.3 Å². The van der Waals surface area contributed by atoms with Crippen LogP contribution in [-0.2, 0) is 9.59 Å². The number of aryl methyl sites for hydroxylation is 1. The van der Waals surface area contributed by atoms with Crippen molar-refractivity contribution in [3.05, 3.63) is 60.2 Å². The van der Waals surface area contributed by atoms with Gasteiger partial charge >= 0.3 is 17.9 Å². The Bertz CT molecular complexity index is 844. The molecule has 1 aliphatic heterocycles. The Morgan fingerprint density at radius 1 is 0.966 bits per heavy atom. The molecule has 0 aliphatic carbocycles. The number of ether oxygens (including phenoxy) is 1. The molecule has 0 saturated carbocycles. The van der Waals surface area contributed by atoms with Gasteiger partial charge in [-0.15, -0.1) is 0 Å².